The summed E-state index contributed by atoms with van der Waals surface area (Å²) in [6, 6.07) is 6.20. The van der Waals surface area contributed by atoms with Crippen LogP contribution >= 0.6 is 0 Å². The fourth-order valence-electron chi connectivity index (χ4n) is 4.49. The molecule has 0 spiro atoms. The molecule has 34 heavy (non-hydrogen) atoms. The Morgan fingerprint density at radius 2 is 2.03 bits per heavy atom. The van der Waals surface area contributed by atoms with Gasteiger partial charge in [0.25, 0.3) is 5.91 Å². The van der Waals surface area contributed by atoms with E-state index in [-0.39, 0.29) is 35.7 Å². The molecule has 1 unspecified atom stereocenters. The summed E-state index contributed by atoms with van der Waals surface area (Å²) in [6.45, 7) is 0.990. The molecular weight excluding hydrogens is 443 g/mol. The zero-order chi connectivity index (χ0) is 23.8. The van der Waals surface area contributed by atoms with Crippen molar-refractivity contribution in [2.24, 2.45) is 5.92 Å². The fraction of sp³-hybridized carbons (Fsp3) is 0.440. The summed E-state index contributed by atoms with van der Waals surface area (Å²) >= 11 is 0. The number of pyridine rings is 1. The van der Waals surface area contributed by atoms with E-state index < -0.39 is 23.8 Å². The number of esters is 1. The van der Waals surface area contributed by atoms with Gasteiger partial charge in [0.15, 0.2) is 11.9 Å². The molecule has 2 atom stereocenters. The zero-order valence-corrected chi connectivity index (χ0v) is 18.8. The van der Waals surface area contributed by atoms with Crippen molar-refractivity contribution in [2.75, 3.05) is 25.2 Å². The lowest BCUT2D eigenvalue weighted by molar-refractivity contribution is -0.141. The topological polar surface area (TPSA) is 95.0 Å². The minimum atomic E-state index is -0.737. The smallest absolute Gasteiger partial charge is 0.306 e. The van der Waals surface area contributed by atoms with E-state index in [1.54, 1.807) is 12.1 Å². The third kappa shape index (κ3) is 4.47. The summed E-state index contributed by atoms with van der Waals surface area (Å²) in [5.74, 6) is -0.640. The maximum absolute atomic E-state index is 15.0. The number of anilines is 1. The van der Waals surface area contributed by atoms with Crippen LogP contribution in [0.3, 0.4) is 0 Å². The second-order valence-electron chi connectivity index (χ2n) is 8.96. The summed E-state index contributed by atoms with van der Waals surface area (Å²) in [4.78, 5) is 42.8. The Balaban J connectivity index is 1.27. The third-order valence-electron chi connectivity index (χ3n) is 6.51. The first kappa shape index (κ1) is 22.3. The quantitative estimate of drug-likeness (QED) is 0.548. The normalized spacial score (nSPS) is 21.5. The molecule has 9 heteroatoms. The lowest BCUT2D eigenvalue weighted by atomic mass is 9.97. The molecule has 2 heterocycles. The molecule has 1 aliphatic heterocycles. The molecule has 0 bridgehead atoms. The van der Waals surface area contributed by atoms with Crippen molar-refractivity contribution in [3.8, 4) is 11.6 Å². The largest absolute Gasteiger partial charge is 0.479 e. The molecule has 1 amide bonds. The summed E-state index contributed by atoms with van der Waals surface area (Å²) in [5.41, 5.74) is 0.738. The predicted molar refractivity (Wildman–Crippen MR) is 119 cm³/mol. The predicted octanol–water partition coefficient (Wildman–Crippen LogP) is 3.43. The number of aromatic nitrogens is 1. The average Bonchev–Trinajstić information content (AvgIpc) is 3.52. The number of hydrogen-bond donors (Lipinski definition) is 0. The number of hydrogen-bond acceptors (Lipinski definition) is 7. The summed E-state index contributed by atoms with van der Waals surface area (Å²) in [6.07, 6.45) is 3.55. The number of ether oxygens (including phenoxy) is 3. The Hall–Kier alpha value is -3.49. The first-order valence-electron chi connectivity index (χ1n) is 11.4. The highest BCUT2D eigenvalue weighted by Crippen LogP contribution is 2.40. The molecule has 3 aliphatic rings. The molecule has 1 aromatic carbocycles. The Morgan fingerprint density at radius 3 is 2.74 bits per heavy atom. The zero-order valence-electron chi connectivity index (χ0n) is 18.8. The second kappa shape index (κ2) is 9.04. The number of benzene rings is 1. The Bertz CT molecular complexity index is 1130. The number of nitrogens with zero attached hydrogens (tertiary/aromatic N) is 2. The van der Waals surface area contributed by atoms with Crippen LogP contribution in [-0.2, 0) is 14.3 Å². The number of methoxy groups -OCH3 is 1. The standard InChI is InChI=1S/C25H25FN2O6/c1-32-23(30)9-15-8-20(29)18-10-16(11-19(26)24(15)18)28-7-6-21(25(28)31)34-17-4-5-22(27-12-17)33-13-14-2-3-14/h4-5,10-12,14-15,21H,2-3,6-9,13H2,1H3/t15?,21-/m1/s1. The van der Waals surface area contributed by atoms with E-state index in [2.05, 4.69) is 9.72 Å². The van der Waals surface area contributed by atoms with E-state index in [1.807, 2.05) is 0 Å². The van der Waals surface area contributed by atoms with Crippen LogP contribution < -0.4 is 14.4 Å². The molecule has 2 fully saturated rings. The first-order chi connectivity index (χ1) is 16.4. The van der Waals surface area contributed by atoms with Gasteiger partial charge in [-0.25, -0.2) is 9.37 Å². The second-order valence-corrected chi connectivity index (χ2v) is 8.96. The lowest BCUT2D eigenvalue weighted by Crippen LogP contribution is -2.32. The summed E-state index contributed by atoms with van der Waals surface area (Å²) < 4.78 is 31.1. The number of amides is 1. The Morgan fingerprint density at radius 1 is 1.21 bits per heavy atom. The van der Waals surface area contributed by atoms with Gasteiger partial charge in [-0.3, -0.25) is 14.4 Å². The van der Waals surface area contributed by atoms with Gasteiger partial charge in [-0.2, -0.15) is 0 Å². The van der Waals surface area contributed by atoms with Crippen molar-refractivity contribution >= 4 is 23.3 Å². The molecule has 0 N–H and O–H groups in total. The van der Waals surface area contributed by atoms with Crippen LogP contribution in [0, 0.1) is 11.7 Å². The van der Waals surface area contributed by atoms with Gasteiger partial charge in [0.2, 0.25) is 5.88 Å². The van der Waals surface area contributed by atoms with Crippen molar-refractivity contribution in [1.29, 1.82) is 0 Å². The molecule has 2 aromatic rings. The van der Waals surface area contributed by atoms with Gasteiger partial charge in [-0.05, 0) is 37.0 Å². The van der Waals surface area contributed by atoms with Crippen LogP contribution in [0.5, 0.6) is 11.6 Å². The number of ketones is 1. The van der Waals surface area contributed by atoms with E-state index in [0.29, 0.717) is 42.8 Å². The van der Waals surface area contributed by atoms with Crippen LogP contribution in [-0.4, -0.2) is 49.0 Å². The monoisotopic (exact) mass is 468 g/mol. The number of Topliss-reactive ketones (excluding diaryl/α,β-unsaturated/α-hetero) is 1. The minimum absolute atomic E-state index is 0.0395. The van der Waals surface area contributed by atoms with Crippen LogP contribution in [0.2, 0.25) is 0 Å². The molecular formula is C25H25FN2O6. The highest BCUT2D eigenvalue weighted by atomic mass is 19.1. The van der Waals surface area contributed by atoms with Gasteiger partial charge in [0.1, 0.15) is 11.6 Å². The maximum Gasteiger partial charge on any atom is 0.306 e. The van der Waals surface area contributed by atoms with Gasteiger partial charge >= 0.3 is 5.97 Å². The van der Waals surface area contributed by atoms with Crippen molar-refractivity contribution in [2.45, 2.75) is 44.1 Å². The lowest BCUT2D eigenvalue weighted by Gasteiger charge is -2.19. The van der Waals surface area contributed by atoms with Crippen LogP contribution in [0.1, 0.15) is 53.9 Å². The minimum Gasteiger partial charge on any atom is -0.479 e. The number of halogens is 1. The molecule has 0 radical (unpaired) electrons. The van der Waals surface area contributed by atoms with E-state index >= 15 is 4.39 Å². The van der Waals surface area contributed by atoms with Gasteiger partial charge in [0.05, 0.1) is 26.3 Å². The van der Waals surface area contributed by atoms with Gasteiger partial charge < -0.3 is 19.1 Å². The number of carbonyl (C=O) groups excluding carboxylic acids is 3. The summed E-state index contributed by atoms with van der Waals surface area (Å²) in [5, 5.41) is 0. The summed E-state index contributed by atoms with van der Waals surface area (Å²) in [7, 11) is 1.25. The Labute approximate surface area is 196 Å². The molecule has 1 aromatic heterocycles. The van der Waals surface area contributed by atoms with Gasteiger partial charge in [-0.1, -0.05) is 0 Å². The van der Waals surface area contributed by atoms with Crippen LogP contribution in [0.15, 0.2) is 30.5 Å². The van der Waals surface area contributed by atoms with Gasteiger partial charge in [0, 0.05) is 48.2 Å². The highest BCUT2D eigenvalue weighted by Gasteiger charge is 2.38. The Kier molecular flexibility index (Phi) is 5.93. The van der Waals surface area contributed by atoms with E-state index in [0.717, 1.165) is 0 Å². The number of fused-ring (bicyclic) bond motifs is 1. The average molecular weight is 468 g/mol. The van der Waals surface area contributed by atoms with E-state index in [1.165, 1.54) is 43.2 Å². The number of carbonyl (C=O) groups is 3. The van der Waals surface area contributed by atoms with E-state index in [4.69, 9.17) is 9.47 Å². The van der Waals surface area contributed by atoms with Crippen molar-refractivity contribution in [3.05, 3.63) is 47.4 Å². The molecule has 5 rings (SSSR count). The van der Waals surface area contributed by atoms with Crippen molar-refractivity contribution in [1.82, 2.24) is 4.98 Å². The third-order valence-corrected chi connectivity index (χ3v) is 6.51. The van der Waals surface area contributed by atoms with Crippen molar-refractivity contribution in [3.63, 3.8) is 0 Å². The maximum atomic E-state index is 15.0. The fourth-order valence-corrected chi connectivity index (χ4v) is 4.49. The molecule has 1 saturated carbocycles. The van der Waals surface area contributed by atoms with Gasteiger partial charge in [-0.15, -0.1) is 0 Å². The van der Waals surface area contributed by atoms with Crippen LogP contribution in [0.25, 0.3) is 0 Å². The van der Waals surface area contributed by atoms with Crippen LogP contribution in [0.4, 0.5) is 10.1 Å². The molecule has 8 nitrogen and oxygen atoms in total. The van der Waals surface area contributed by atoms with E-state index in [9.17, 15) is 14.4 Å². The molecule has 178 valence electrons. The first-order valence-corrected chi connectivity index (χ1v) is 11.4. The number of rotatable bonds is 8. The molecule has 2 aliphatic carbocycles. The molecule has 1 saturated heterocycles. The van der Waals surface area contributed by atoms with Crippen molar-refractivity contribution < 1.29 is 33.0 Å². The highest BCUT2D eigenvalue weighted by molar-refractivity contribution is 6.05. The SMILES string of the molecule is COC(=O)CC1CC(=O)c2cc(N3CC[C@@H](Oc4ccc(OCC5CC5)nc4)C3=O)cc(F)c21.